The maximum atomic E-state index is 6.47. The van der Waals surface area contributed by atoms with Crippen LogP contribution in [0.2, 0.25) is 0 Å². The Morgan fingerprint density at radius 2 is 1.22 bits per heavy atom. The second-order valence-electron chi connectivity index (χ2n) is 12.5. The Morgan fingerprint density at radius 3 is 1.93 bits per heavy atom. The van der Waals surface area contributed by atoms with Crippen molar-refractivity contribution in [3.05, 3.63) is 139 Å². The molecule has 8 rings (SSSR count). The average Bonchev–Trinajstić information content (AvgIpc) is 3.78. The third kappa shape index (κ3) is 4.65. The molecule has 0 spiro atoms. The molecule has 0 atom stereocenters. The van der Waals surface area contributed by atoms with E-state index in [9.17, 15) is 0 Å². The van der Waals surface area contributed by atoms with E-state index in [-0.39, 0.29) is 0 Å². The van der Waals surface area contributed by atoms with Crippen molar-refractivity contribution >= 4 is 27.8 Å². The topological polar surface area (TPSA) is 49.3 Å². The molecule has 0 radical (unpaired) electrons. The zero-order chi connectivity index (χ0) is 31.4. The van der Waals surface area contributed by atoms with E-state index in [0.717, 1.165) is 56.3 Å². The number of benzene rings is 5. The Labute approximate surface area is 268 Å². The lowest BCUT2D eigenvalue weighted by Gasteiger charge is -2.18. The van der Waals surface area contributed by atoms with Gasteiger partial charge < -0.3 is 4.74 Å². The van der Waals surface area contributed by atoms with Gasteiger partial charge in [-0.15, -0.1) is 0 Å². The van der Waals surface area contributed by atoms with E-state index >= 15 is 0 Å². The van der Waals surface area contributed by atoms with E-state index < -0.39 is 0 Å². The van der Waals surface area contributed by atoms with Crippen LogP contribution in [0.3, 0.4) is 0 Å². The molecule has 46 heavy (non-hydrogen) atoms. The second kappa shape index (κ2) is 11.1. The first-order valence-corrected chi connectivity index (χ1v) is 15.9. The number of hydrogen-bond acceptors (Lipinski definition) is 3. The standard InChI is InChI=1S/C40H35N5O/c1-26(2)33-16-11-17-34(27(3)4)39(33)28-24-41-43(25-28)29-12-9-14-31(22-29)46-32-15-10-13-30(23-32)44-37-20-7-8-21-38(37)45-36-19-6-5-18-35(36)42-40(44)45/h5-27H,1-4H3. The van der Waals surface area contributed by atoms with Gasteiger partial charge in [0.15, 0.2) is 0 Å². The zero-order valence-electron chi connectivity index (χ0n) is 26.4. The maximum absolute atomic E-state index is 6.47. The molecule has 0 aliphatic rings. The molecule has 0 unspecified atom stereocenters. The van der Waals surface area contributed by atoms with Gasteiger partial charge in [-0.05, 0) is 77.1 Å². The van der Waals surface area contributed by atoms with Crippen LogP contribution in [0.4, 0.5) is 0 Å². The molecule has 0 amide bonds. The van der Waals surface area contributed by atoms with Crippen LogP contribution in [0, 0.1) is 0 Å². The highest BCUT2D eigenvalue weighted by molar-refractivity contribution is 5.92. The predicted octanol–water partition coefficient (Wildman–Crippen LogP) is 10.3. The molecule has 3 aromatic heterocycles. The highest BCUT2D eigenvalue weighted by Gasteiger charge is 2.19. The third-order valence-electron chi connectivity index (χ3n) is 8.74. The molecule has 0 saturated heterocycles. The lowest BCUT2D eigenvalue weighted by atomic mass is 9.86. The van der Waals surface area contributed by atoms with Crippen LogP contribution < -0.4 is 4.74 Å². The van der Waals surface area contributed by atoms with E-state index in [1.54, 1.807) is 0 Å². The molecule has 8 aromatic rings. The van der Waals surface area contributed by atoms with Crippen LogP contribution in [0.1, 0.15) is 50.7 Å². The molecule has 0 aliphatic heterocycles. The molecular formula is C40H35N5O. The van der Waals surface area contributed by atoms with Crippen molar-refractivity contribution in [1.82, 2.24) is 23.7 Å². The summed E-state index contributed by atoms with van der Waals surface area (Å²) in [5.41, 5.74) is 11.3. The van der Waals surface area contributed by atoms with Gasteiger partial charge in [0.25, 0.3) is 0 Å². The normalized spacial score (nSPS) is 11.9. The van der Waals surface area contributed by atoms with Crippen molar-refractivity contribution in [1.29, 1.82) is 0 Å². The number of fused-ring (bicyclic) bond motifs is 5. The Kier molecular flexibility index (Phi) is 6.71. The van der Waals surface area contributed by atoms with Crippen LogP contribution >= 0.6 is 0 Å². The van der Waals surface area contributed by atoms with Crippen molar-refractivity contribution in [2.75, 3.05) is 0 Å². The summed E-state index contributed by atoms with van der Waals surface area (Å²) in [6.45, 7) is 9.01. The average molecular weight is 602 g/mol. The fraction of sp³-hybridized carbons (Fsp3) is 0.150. The summed E-state index contributed by atoms with van der Waals surface area (Å²) in [5, 5.41) is 4.78. The number of para-hydroxylation sites is 4. The van der Waals surface area contributed by atoms with E-state index in [0.29, 0.717) is 11.8 Å². The van der Waals surface area contributed by atoms with Crippen molar-refractivity contribution in [2.24, 2.45) is 0 Å². The minimum atomic E-state index is 0.415. The van der Waals surface area contributed by atoms with Gasteiger partial charge in [0.05, 0.1) is 39.6 Å². The number of imidazole rings is 2. The number of aromatic nitrogens is 5. The maximum Gasteiger partial charge on any atom is 0.220 e. The van der Waals surface area contributed by atoms with Crippen LogP contribution in [0.25, 0.3) is 50.3 Å². The van der Waals surface area contributed by atoms with Crippen LogP contribution in [0.15, 0.2) is 128 Å². The van der Waals surface area contributed by atoms with Crippen molar-refractivity contribution in [2.45, 2.75) is 39.5 Å². The largest absolute Gasteiger partial charge is 0.457 e. The monoisotopic (exact) mass is 601 g/mol. The van der Waals surface area contributed by atoms with Crippen molar-refractivity contribution in [3.8, 4) is 34.0 Å². The van der Waals surface area contributed by atoms with E-state index in [4.69, 9.17) is 14.8 Å². The smallest absolute Gasteiger partial charge is 0.220 e. The predicted molar refractivity (Wildman–Crippen MR) is 187 cm³/mol. The minimum Gasteiger partial charge on any atom is -0.457 e. The Bertz CT molecular complexity index is 2340. The molecule has 6 heteroatoms. The lowest BCUT2D eigenvalue weighted by molar-refractivity contribution is 0.482. The van der Waals surface area contributed by atoms with Crippen LogP contribution in [-0.2, 0) is 0 Å². The molecule has 0 fully saturated rings. The summed E-state index contributed by atoms with van der Waals surface area (Å²) < 4.78 is 12.8. The first-order valence-electron chi connectivity index (χ1n) is 15.9. The Morgan fingerprint density at radius 1 is 0.609 bits per heavy atom. The van der Waals surface area contributed by atoms with Crippen molar-refractivity contribution in [3.63, 3.8) is 0 Å². The number of ether oxygens (including phenoxy) is 1. The van der Waals surface area contributed by atoms with E-state index in [2.05, 4.69) is 122 Å². The van der Waals surface area contributed by atoms with Gasteiger partial charge in [0, 0.05) is 23.9 Å². The first-order chi connectivity index (χ1) is 22.5. The van der Waals surface area contributed by atoms with Gasteiger partial charge in [-0.3, -0.25) is 8.97 Å². The Hall–Kier alpha value is -5.62. The van der Waals surface area contributed by atoms with E-state index in [1.165, 1.54) is 16.7 Å². The first kappa shape index (κ1) is 27.9. The highest BCUT2D eigenvalue weighted by atomic mass is 16.5. The molecule has 6 nitrogen and oxygen atoms in total. The number of rotatable bonds is 7. The van der Waals surface area contributed by atoms with Gasteiger partial charge in [-0.1, -0.05) is 82.3 Å². The summed E-state index contributed by atoms with van der Waals surface area (Å²) in [5.74, 6) is 3.19. The molecule has 0 saturated carbocycles. The van der Waals surface area contributed by atoms with Gasteiger partial charge in [0.2, 0.25) is 5.78 Å². The summed E-state index contributed by atoms with van der Waals surface area (Å²) in [6, 6.07) is 39.6. The molecule has 0 bridgehead atoms. The number of hydrogen-bond donors (Lipinski definition) is 0. The molecule has 5 aromatic carbocycles. The molecule has 3 heterocycles. The fourth-order valence-corrected chi connectivity index (χ4v) is 6.59. The van der Waals surface area contributed by atoms with Crippen molar-refractivity contribution < 1.29 is 4.74 Å². The molecule has 0 N–H and O–H groups in total. The van der Waals surface area contributed by atoms with Crippen LogP contribution in [0.5, 0.6) is 11.5 Å². The van der Waals surface area contributed by atoms with E-state index in [1.807, 2.05) is 47.3 Å². The SMILES string of the molecule is CC(C)c1cccc(C(C)C)c1-c1cnn(-c2cccc(Oc3cccc(-n4c5ccccc5n5c6ccccc6nc45)c3)c2)c1. The zero-order valence-corrected chi connectivity index (χ0v) is 26.4. The quantitative estimate of drug-likeness (QED) is 0.183. The molecule has 226 valence electrons. The fourth-order valence-electron chi connectivity index (χ4n) is 6.59. The highest BCUT2D eigenvalue weighted by Crippen LogP contribution is 2.37. The summed E-state index contributed by atoms with van der Waals surface area (Å²) in [6.07, 6.45) is 4.11. The number of nitrogens with zero attached hydrogens (tertiary/aromatic N) is 5. The van der Waals surface area contributed by atoms with Gasteiger partial charge in [-0.25, -0.2) is 9.67 Å². The van der Waals surface area contributed by atoms with Gasteiger partial charge in [-0.2, -0.15) is 5.10 Å². The summed E-state index contributed by atoms with van der Waals surface area (Å²) in [4.78, 5) is 5.02. The molecule has 0 aliphatic carbocycles. The van der Waals surface area contributed by atoms with Crippen LogP contribution in [-0.4, -0.2) is 23.7 Å². The molecular weight excluding hydrogens is 566 g/mol. The minimum absolute atomic E-state index is 0.415. The summed E-state index contributed by atoms with van der Waals surface area (Å²) in [7, 11) is 0. The second-order valence-corrected chi connectivity index (χ2v) is 12.5. The Balaban J connectivity index is 1.14. The third-order valence-corrected chi connectivity index (χ3v) is 8.74. The van der Waals surface area contributed by atoms with Gasteiger partial charge in [0.1, 0.15) is 11.5 Å². The van der Waals surface area contributed by atoms with Gasteiger partial charge >= 0.3 is 0 Å². The lowest BCUT2D eigenvalue weighted by Crippen LogP contribution is -1.99. The summed E-state index contributed by atoms with van der Waals surface area (Å²) >= 11 is 0.